The second-order valence-electron chi connectivity index (χ2n) is 8.52. The van der Waals surface area contributed by atoms with Gasteiger partial charge in [0.2, 0.25) is 0 Å². The maximum atomic E-state index is 15.8. The van der Waals surface area contributed by atoms with E-state index in [1.807, 2.05) is 0 Å². The molecule has 10 heteroatoms. The van der Waals surface area contributed by atoms with Crippen LogP contribution in [0.3, 0.4) is 0 Å². The van der Waals surface area contributed by atoms with Gasteiger partial charge in [-0.05, 0) is 47.9 Å². The molecule has 5 nitrogen and oxygen atoms in total. The summed E-state index contributed by atoms with van der Waals surface area (Å²) >= 11 is 12.1. The highest BCUT2D eigenvalue weighted by molar-refractivity contribution is 7.90. The van der Waals surface area contributed by atoms with E-state index in [4.69, 9.17) is 23.2 Å². The van der Waals surface area contributed by atoms with Gasteiger partial charge in [0.15, 0.2) is 0 Å². The second kappa shape index (κ2) is 8.66. The smallest absolute Gasteiger partial charge is 0.313 e. The summed E-state index contributed by atoms with van der Waals surface area (Å²) in [5.41, 5.74) is 1.15. The summed E-state index contributed by atoms with van der Waals surface area (Å²) in [6, 6.07) is 10.8. The molecule has 1 aliphatic heterocycles. The maximum absolute atomic E-state index is 15.8. The van der Waals surface area contributed by atoms with E-state index in [0.29, 0.717) is 26.7 Å². The molecule has 0 saturated heterocycles. The molecule has 0 spiro atoms. The van der Waals surface area contributed by atoms with Crippen LogP contribution in [0.5, 0.6) is 0 Å². The summed E-state index contributed by atoms with van der Waals surface area (Å²) in [5.74, 6) is -4.16. The molecule has 2 aromatic carbocycles. The van der Waals surface area contributed by atoms with E-state index >= 15 is 8.78 Å². The topological polar surface area (TPSA) is 59.4 Å². The molecule has 1 aromatic heterocycles. The van der Waals surface area contributed by atoms with Crippen LogP contribution in [0.4, 0.5) is 8.78 Å². The van der Waals surface area contributed by atoms with Crippen LogP contribution in [-0.2, 0) is 22.3 Å². The number of amides is 1. The Labute approximate surface area is 206 Å². The van der Waals surface area contributed by atoms with Crippen molar-refractivity contribution in [2.24, 2.45) is 0 Å². The number of rotatable bonds is 5. The predicted molar refractivity (Wildman–Crippen MR) is 130 cm³/mol. The van der Waals surface area contributed by atoms with Gasteiger partial charge in [0.1, 0.15) is 15.5 Å². The van der Waals surface area contributed by atoms with Gasteiger partial charge in [-0.25, -0.2) is 8.42 Å². The van der Waals surface area contributed by atoms with Gasteiger partial charge in [-0.3, -0.25) is 4.79 Å². The number of aromatic nitrogens is 1. The van der Waals surface area contributed by atoms with Crippen molar-refractivity contribution in [1.82, 2.24) is 9.47 Å². The van der Waals surface area contributed by atoms with Crippen molar-refractivity contribution in [2.75, 3.05) is 25.6 Å². The van der Waals surface area contributed by atoms with E-state index in [0.717, 1.165) is 6.26 Å². The highest BCUT2D eigenvalue weighted by atomic mass is 35.5. The third-order valence-electron chi connectivity index (χ3n) is 6.02. The molecule has 0 unspecified atom stereocenters. The van der Waals surface area contributed by atoms with E-state index in [2.05, 4.69) is 0 Å². The lowest BCUT2D eigenvalue weighted by atomic mass is 9.93. The van der Waals surface area contributed by atoms with E-state index in [1.54, 1.807) is 31.2 Å². The molecule has 0 N–H and O–H groups in total. The highest BCUT2D eigenvalue weighted by Gasteiger charge is 2.46. The minimum atomic E-state index is -3.37. The Bertz CT molecular complexity index is 1400. The van der Waals surface area contributed by atoms with Crippen molar-refractivity contribution in [3.8, 4) is 11.1 Å². The quantitative estimate of drug-likeness (QED) is 0.447. The van der Waals surface area contributed by atoms with Crippen LogP contribution in [0.2, 0.25) is 10.0 Å². The third-order valence-corrected chi connectivity index (χ3v) is 7.43. The number of carbonyl (C=O) groups excluding carboxylic acids is 1. The van der Waals surface area contributed by atoms with Crippen LogP contribution in [-0.4, -0.2) is 49.4 Å². The summed E-state index contributed by atoms with van der Waals surface area (Å²) in [7, 11) is -1.87. The van der Waals surface area contributed by atoms with Crippen molar-refractivity contribution >= 4 is 38.9 Å². The molecule has 2 heterocycles. The van der Waals surface area contributed by atoms with Crippen molar-refractivity contribution in [2.45, 2.75) is 19.4 Å². The minimum absolute atomic E-state index is 0.0240. The lowest BCUT2D eigenvalue weighted by molar-refractivity contribution is 0.0274. The Balaban J connectivity index is 1.95. The molecule has 4 rings (SSSR count). The number of alkyl halides is 2. The van der Waals surface area contributed by atoms with Crippen LogP contribution in [0.1, 0.15) is 32.9 Å². The molecular formula is C24H22Cl2F2N2O3S. The standard InChI is InChI=1S/C24H22Cl2F2N2O3S/c1-14-20(15-4-6-17(25)7-5-15)21(23(31)29(2)10-11-34(3,32)33)30-13-16-12-18(26)8-9-19(16)24(27,28)22(14)30/h4-9,12H,10-11,13H2,1-3H3. The molecule has 0 atom stereocenters. The highest BCUT2D eigenvalue weighted by Crippen LogP contribution is 2.48. The monoisotopic (exact) mass is 526 g/mol. The zero-order chi connectivity index (χ0) is 25.0. The van der Waals surface area contributed by atoms with Crippen molar-refractivity contribution in [3.63, 3.8) is 0 Å². The first-order valence-electron chi connectivity index (χ1n) is 10.4. The van der Waals surface area contributed by atoms with Crippen molar-refractivity contribution < 1.29 is 22.0 Å². The minimum Gasteiger partial charge on any atom is -0.339 e. The van der Waals surface area contributed by atoms with E-state index < -0.39 is 21.7 Å². The number of halogens is 4. The fourth-order valence-electron chi connectivity index (χ4n) is 4.38. The van der Waals surface area contributed by atoms with Crippen LogP contribution < -0.4 is 0 Å². The zero-order valence-corrected chi connectivity index (χ0v) is 21.0. The largest absolute Gasteiger partial charge is 0.339 e. The summed E-state index contributed by atoms with van der Waals surface area (Å²) in [6.07, 6.45) is 1.08. The van der Waals surface area contributed by atoms with Gasteiger partial charge in [-0.15, -0.1) is 0 Å². The van der Waals surface area contributed by atoms with Gasteiger partial charge < -0.3 is 9.47 Å². The Morgan fingerprint density at radius 3 is 2.35 bits per heavy atom. The third kappa shape index (κ3) is 4.34. The first-order chi connectivity index (χ1) is 15.8. The molecule has 0 radical (unpaired) electrons. The van der Waals surface area contributed by atoms with Crippen LogP contribution in [0.15, 0.2) is 42.5 Å². The van der Waals surface area contributed by atoms with Crippen LogP contribution in [0.25, 0.3) is 11.1 Å². The number of fused-ring (bicyclic) bond motifs is 2. The lowest BCUT2D eigenvalue weighted by Crippen LogP contribution is -2.35. The molecule has 1 aliphatic rings. The fourth-order valence-corrected chi connectivity index (χ4v) is 5.31. The predicted octanol–water partition coefficient (Wildman–Crippen LogP) is 5.39. The Morgan fingerprint density at radius 1 is 1.12 bits per heavy atom. The first-order valence-corrected chi connectivity index (χ1v) is 13.2. The molecule has 1 amide bonds. The fraction of sp³-hybridized carbons (Fsp3) is 0.292. The van der Waals surface area contributed by atoms with Crippen molar-refractivity contribution in [1.29, 1.82) is 0 Å². The SMILES string of the molecule is Cc1c(-c2ccc(Cl)cc2)c(C(=O)N(C)CCS(C)(=O)=O)n2c1C(F)(F)c1ccc(Cl)cc1C2. The number of benzene rings is 2. The van der Waals surface area contributed by atoms with Crippen LogP contribution >= 0.6 is 23.2 Å². The molecule has 0 saturated carbocycles. The van der Waals surface area contributed by atoms with Gasteiger partial charge in [-0.1, -0.05) is 41.4 Å². The average Bonchev–Trinajstić information content (AvgIpc) is 3.04. The van der Waals surface area contributed by atoms with E-state index in [-0.39, 0.29) is 41.4 Å². The molecule has 180 valence electrons. The lowest BCUT2D eigenvalue weighted by Gasteiger charge is -2.30. The van der Waals surface area contributed by atoms with E-state index in [1.165, 1.54) is 34.7 Å². The first kappa shape index (κ1) is 24.7. The van der Waals surface area contributed by atoms with Gasteiger partial charge >= 0.3 is 5.92 Å². The van der Waals surface area contributed by atoms with Crippen LogP contribution in [0, 0.1) is 6.92 Å². The zero-order valence-electron chi connectivity index (χ0n) is 18.7. The Hall–Kier alpha value is -2.42. The number of nitrogens with zero attached hydrogens (tertiary/aromatic N) is 2. The molecule has 3 aromatic rings. The molecule has 0 bridgehead atoms. The number of hydrogen-bond donors (Lipinski definition) is 0. The summed E-state index contributed by atoms with van der Waals surface area (Å²) in [4.78, 5) is 14.9. The maximum Gasteiger partial charge on any atom is 0.313 e. The second-order valence-corrected chi connectivity index (χ2v) is 11.7. The average molecular weight is 527 g/mol. The molecule has 0 fully saturated rings. The normalized spacial score (nSPS) is 14.4. The molecule has 0 aliphatic carbocycles. The Kier molecular flexibility index (Phi) is 6.29. The summed E-state index contributed by atoms with van der Waals surface area (Å²) < 4.78 is 56.3. The van der Waals surface area contributed by atoms with Gasteiger partial charge in [0, 0.05) is 47.6 Å². The molecule has 34 heavy (non-hydrogen) atoms. The number of carbonyl (C=O) groups is 1. The van der Waals surface area contributed by atoms with Gasteiger partial charge in [0.05, 0.1) is 11.4 Å². The van der Waals surface area contributed by atoms with Crippen molar-refractivity contribution in [3.05, 3.63) is 80.6 Å². The number of sulfone groups is 1. The summed E-state index contributed by atoms with van der Waals surface area (Å²) in [6.45, 7) is 1.52. The molecular weight excluding hydrogens is 505 g/mol. The van der Waals surface area contributed by atoms with Gasteiger partial charge in [-0.2, -0.15) is 8.78 Å². The summed E-state index contributed by atoms with van der Waals surface area (Å²) in [5, 5.41) is 0.786. The Morgan fingerprint density at radius 2 is 1.74 bits per heavy atom. The van der Waals surface area contributed by atoms with E-state index in [9.17, 15) is 13.2 Å². The van der Waals surface area contributed by atoms with Gasteiger partial charge in [0.25, 0.3) is 5.91 Å². The number of hydrogen-bond acceptors (Lipinski definition) is 3.